The Morgan fingerprint density at radius 1 is 1.15 bits per heavy atom. The van der Waals surface area contributed by atoms with Gasteiger partial charge in [-0.15, -0.1) is 10.2 Å². The molecule has 1 aromatic heterocycles. The Bertz CT molecular complexity index is 749. The smallest absolute Gasteiger partial charge is 0.253 e. The third-order valence-electron chi connectivity index (χ3n) is 4.61. The predicted octanol–water partition coefficient (Wildman–Crippen LogP) is 2.03. The van der Waals surface area contributed by atoms with Gasteiger partial charge in [0.05, 0.1) is 11.3 Å². The Kier molecular flexibility index (Phi) is 5.65. The van der Waals surface area contributed by atoms with Gasteiger partial charge in [-0.3, -0.25) is 14.2 Å². The van der Waals surface area contributed by atoms with Gasteiger partial charge in [-0.25, -0.2) is 0 Å². The van der Waals surface area contributed by atoms with E-state index < -0.39 is 0 Å². The number of carbonyl (C=O) groups excluding carboxylic acids is 2. The van der Waals surface area contributed by atoms with Crippen molar-refractivity contribution in [3.05, 3.63) is 42.5 Å². The lowest BCUT2D eigenvalue weighted by Crippen LogP contribution is -2.46. The maximum atomic E-state index is 12.7. The summed E-state index contributed by atoms with van der Waals surface area (Å²) in [4.78, 5) is 26.8. The summed E-state index contributed by atoms with van der Waals surface area (Å²) in [5, 5.41) is 10.7. The first kappa shape index (κ1) is 18.1. The molecule has 0 radical (unpaired) electrons. The Morgan fingerprint density at radius 3 is 2.46 bits per heavy atom. The van der Waals surface area contributed by atoms with Gasteiger partial charge >= 0.3 is 0 Å². The fraction of sp³-hybridized carbons (Fsp3) is 0.474. The van der Waals surface area contributed by atoms with Crippen molar-refractivity contribution in [2.75, 3.05) is 13.1 Å². The van der Waals surface area contributed by atoms with Gasteiger partial charge in [0.15, 0.2) is 0 Å². The monoisotopic (exact) mass is 355 g/mol. The summed E-state index contributed by atoms with van der Waals surface area (Å²) in [5.41, 5.74) is 1.34. The molecule has 1 saturated heterocycles. The van der Waals surface area contributed by atoms with E-state index in [0.29, 0.717) is 31.0 Å². The molecule has 1 aliphatic heterocycles. The van der Waals surface area contributed by atoms with Gasteiger partial charge in [-0.05, 0) is 30.9 Å². The molecule has 3 rings (SSSR count). The lowest BCUT2D eigenvalue weighted by Gasteiger charge is -2.33. The number of rotatable bonds is 5. The quantitative estimate of drug-likeness (QED) is 0.890. The first-order chi connectivity index (χ1) is 12.5. The number of nitrogens with one attached hydrogen (secondary N) is 1. The van der Waals surface area contributed by atoms with Crippen LogP contribution in [-0.4, -0.2) is 50.6 Å². The fourth-order valence-corrected chi connectivity index (χ4v) is 3.23. The zero-order valence-electron chi connectivity index (χ0n) is 15.3. The van der Waals surface area contributed by atoms with Gasteiger partial charge < -0.3 is 10.2 Å². The van der Waals surface area contributed by atoms with Crippen LogP contribution in [-0.2, 0) is 4.79 Å². The minimum atomic E-state index is -0.110. The molecule has 1 N–H and O–H groups in total. The zero-order valence-corrected chi connectivity index (χ0v) is 15.3. The third kappa shape index (κ3) is 4.28. The summed E-state index contributed by atoms with van der Waals surface area (Å²) >= 11 is 0. The van der Waals surface area contributed by atoms with Gasteiger partial charge in [-0.2, -0.15) is 0 Å². The number of nitrogens with zero attached hydrogens (tertiary/aromatic N) is 4. The SMILES string of the molecule is CC(C)CC(=O)N1CCC(NC(=O)c2ccccc2-n2cnnc2)CC1. The summed E-state index contributed by atoms with van der Waals surface area (Å²) in [7, 11) is 0. The summed E-state index contributed by atoms with van der Waals surface area (Å²) < 4.78 is 1.72. The molecule has 7 nitrogen and oxygen atoms in total. The van der Waals surface area contributed by atoms with Crippen LogP contribution in [0.1, 0.15) is 43.5 Å². The van der Waals surface area contributed by atoms with Crippen LogP contribution >= 0.6 is 0 Å². The highest BCUT2D eigenvalue weighted by molar-refractivity contribution is 5.98. The van der Waals surface area contributed by atoms with Crippen LogP contribution in [0.2, 0.25) is 0 Å². The van der Waals surface area contributed by atoms with E-state index in [1.54, 1.807) is 23.3 Å². The molecule has 2 heterocycles. The molecular weight excluding hydrogens is 330 g/mol. The van der Waals surface area contributed by atoms with Crippen LogP contribution in [0.15, 0.2) is 36.9 Å². The van der Waals surface area contributed by atoms with Crippen molar-refractivity contribution in [1.29, 1.82) is 0 Å². The number of hydrogen-bond acceptors (Lipinski definition) is 4. The molecule has 1 fully saturated rings. The van der Waals surface area contributed by atoms with E-state index in [2.05, 4.69) is 29.4 Å². The molecule has 0 saturated carbocycles. The average molecular weight is 355 g/mol. The van der Waals surface area contributed by atoms with Crippen molar-refractivity contribution in [3.63, 3.8) is 0 Å². The molecule has 2 amide bonds. The fourth-order valence-electron chi connectivity index (χ4n) is 3.23. The van der Waals surface area contributed by atoms with Gasteiger partial charge in [0, 0.05) is 25.6 Å². The molecule has 2 aromatic rings. The number of hydrogen-bond donors (Lipinski definition) is 1. The molecule has 138 valence electrons. The number of para-hydroxylation sites is 1. The maximum absolute atomic E-state index is 12.7. The highest BCUT2D eigenvalue weighted by Crippen LogP contribution is 2.17. The first-order valence-corrected chi connectivity index (χ1v) is 9.07. The van der Waals surface area contributed by atoms with Crippen molar-refractivity contribution in [2.45, 2.75) is 39.2 Å². The van der Waals surface area contributed by atoms with E-state index in [1.165, 1.54) is 0 Å². The van der Waals surface area contributed by atoms with Gasteiger partial charge in [0.25, 0.3) is 5.91 Å². The maximum Gasteiger partial charge on any atom is 0.253 e. The lowest BCUT2D eigenvalue weighted by molar-refractivity contribution is -0.133. The molecule has 0 spiro atoms. The minimum absolute atomic E-state index is 0.0829. The summed E-state index contributed by atoms with van der Waals surface area (Å²) in [6.07, 6.45) is 5.30. The summed E-state index contributed by atoms with van der Waals surface area (Å²) in [6, 6.07) is 7.47. The Hall–Kier alpha value is -2.70. The molecule has 0 unspecified atom stereocenters. The highest BCUT2D eigenvalue weighted by atomic mass is 16.2. The molecular formula is C19H25N5O2. The summed E-state index contributed by atoms with van der Waals surface area (Å²) in [5.74, 6) is 0.470. The predicted molar refractivity (Wildman–Crippen MR) is 97.9 cm³/mol. The molecule has 0 aliphatic carbocycles. The molecule has 1 aliphatic rings. The van der Waals surface area contributed by atoms with E-state index >= 15 is 0 Å². The van der Waals surface area contributed by atoms with Crippen LogP contribution in [0.4, 0.5) is 0 Å². The van der Waals surface area contributed by atoms with Crippen molar-refractivity contribution in [1.82, 2.24) is 25.0 Å². The van der Waals surface area contributed by atoms with Crippen molar-refractivity contribution < 1.29 is 9.59 Å². The second kappa shape index (κ2) is 8.12. The number of amides is 2. The van der Waals surface area contributed by atoms with Crippen molar-refractivity contribution in [2.24, 2.45) is 5.92 Å². The van der Waals surface area contributed by atoms with Crippen LogP contribution in [0, 0.1) is 5.92 Å². The Morgan fingerprint density at radius 2 is 1.81 bits per heavy atom. The molecule has 1 aromatic carbocycles. The number of likely N-dealkylation sites (tertiary alicyclic amines) is 1. The lowest BCUT2D eigenvalue weighted by atomic mass is 10.0. The zero-order chi connectivity index (χ0) is 18.5. The second-order valence-corrected chi connectivity index (χ2v) is 7.11. The second-order valence-electron chi connectivity index (χ2n) is 7.11. The van der Waals surface area contributed by atoms with Crippen LogP contribution in [0.3, 0.4) is 0 Å². The van der Waals surface area contributed by atoms with E-state index in [-0.39, 0.29) is 17.9 Å². The third-order valence-corrected chi connectivity index (χ3v) is 4.61. The van der Waals surface area contributed by atoms with Gasteiger partial charge in [-0.1, -0.05) is 26.0 Å². The van der Waals surface area contributed by atoms with Crippen LogP contribution < -0.4 is 5.32 Å². The first-order valence-electron chi connectivity index (χ1n) is 9.07. The van der Waals surface area contributed by atoms with E-state index in [9.17, 15) is 9.59 Å². The van der Waals surface area contributed by atoms with Crippen LogP contribution in [0.5, 0.6) is 0 Å². The number of piperidine rings is 1. The van der Waals surface area contributed by atoms with Gasteiger partial charge in [0.1, 0.15) is 12.7 Å². The van der Waals surface area contributed by atoms with E-state index in [4.69, 9.17) is 0 Å². The summed E-state index contributed by atoms with van der Waals surface area (Å²) in [6.45, 7) is 5.50. The molecule has 26 heavy (non-hydrogen) atoms. The topological polar surface area (TPSA) is 80.1 Å². The van der Waals surface area contributed by atoms with E-state index in [1.807, 2.05) is 23.1 Å². The number of aromatic nitrogens is 3. The molecule has 7 heteroatoms. The molecule has 0 atom stereocenters. The number of carbonyl (C=O) groups is 2. The van der Waals surface area contributed by atoms with Gasteiger partial charge in [0.2, 0.25) is 5.91 Å². The largest absolute Gasteiger partial charge is 0.349 e. The van der Waals surface area contributed by atoms with E-state index in [0.717, 1.165) is 18.5 Å². The Balaban J connectivity index is 1.60. The van der Waals surface area contributed by atoms with Crippen molar-refractivity contribution in [3.8, 4) is 5.69 Å². The number of benzene rings is 1. The average Bonchev–Trinajstić information content (AvgIpc) is 3.16. The normalized spacial score (nSPS) is 15.3. The highest BCUT2D eigenvalue weighted by Gasteiger charge is 2.25. The Labute approximate surface area is 153 Å². The standard InChI is InChI=1S/C19H25N5O2/c1-14(2)11-18(25)23-9-7-15(8-10-23)22-19(26)16-5-3-4-6-17(16)24-12-20-21-13-24/h3-6,12-15H,7-11H2,1-2H3,(H,22,26). The minimum Gasteiger partial charge on any atom is -0.349 e. The van der Waals surface area contributed by atoms with Crippen molar-refractivity contribution >= 4 is 11.8 Å². The van der Waals surface area contributed by atoms with Crippen LogP contribution in [0.25, 0.3) is 5.69 Å². The molecule has 0 bridgehead atoms.